The van der Waals surface area contributed by atoms with Crippen LogP contribution in [0.15, 0.2) is 12.2 Å². The Kier molecular flexibility index (Phi) is 6.96. The summed E-state index contributed by atoms with van der Waals surface area (Å²) in [4.78, 5) is 0. The second-order valence-electron chi connectivity index (χ2n) is 5.21. The molecule has 0 rings (SSSR count). The van der Waals surface area contributed by atoms with Gasteiger partial charge in [-0.3, -0.25) is 0 Å². The van der Waals surface area contributed by atoms with Crippen LogP contribution in [0, 0.1) is 17.8 Å². The Bertz CT molecular complexity index is 157. The maximum Gasteiger partial charge on any atom is -0.0300 e. The molecule has 0 aromatic heterocycles. The van der Waals surface area contributed by atoms with Crippen molar-refractivity contribution < 1.29 is 0 Å². The summed E-state index contributed by atoms with van der Waals surface area (Å²) in [6, 6.07) is 0. The zero-order valence-electron chi connectivity index (χ0n) is 10.8. The number of allylic oxidation sites excluding steroid dienone is 1. The van der Waals surface area contributed by atoms with Gasteiger partial charge in [-0.05, 0) is 31.1 Å². The van der Waals surface area contributed by atoms with Crippen molar-refractivity contribution in [2.45, 2.75) is 60.3 Å². The molecule has 0 spiro atoms. The van der Waals surface area contributed by atoms with Crippen molar-refractivity contribution >= 4 is 0 Å². The van der Waals surface area contributed by atoms with Crippen LogP contribution in [0.25, 0.3) is 0 Å². The molecule has 0 saturated heterocycles. The van der Waals surface area contributed by atoms with E-state index in [4.69, 9.17) is 0 Å². The number of hydrogen-bond acceptors (Lipinski definition) is 0. The fourth-order valence-electron chi connectivity index (χ4n) is 1.93. The molecule has 0 aromatic rings. The molecule has 14 heavy (non-hydrogen) atoms. The Morgan fingerprint density at radius 2 is 1.64 bits per heavy atom. The predicted molar refractivity (Wildman–Crippen MR) is 66.4 cm³/mol. The lowest BCUT2D eigenvalue weighted by Crippen LogP contribution is -2.08. The molecule has 0 saturated carbocycles. The molecular weight excluding hydrogens is 168 g/mol. The zero-order chi connectivity index (χ0) is 11.1. The summed E-state index contributed by atoms with van der Waals surface area (Å²) in [5.74, 6) is 2.58. The fraction of sp³-hybridized carbons (Fsp3) is 0.857. The molecule has 0 bridgehead atoms. The van der Waals surface area contributed by atoms with Gasteiger partial charge in [-0.2, -0.15) is 0 Å². The van der Waals surface area contributed by atoms with E-state index in [0.29, 0.717) is 0 Å². The molecule has 84 valence electrons. The van der Waals surface area contributed by atoms with Gasteiger partial charge in [0, 0.05) is 0 Å². The van der Waals surface area contributed by atoms with E-state index in [2.05, 4.69) is 41.2 Å². The molecule has 0 aliphatic carbocycles. The Balaban J connectivity index is 3.65. The van der Waals surface area contributed by atoms with Crippen molar-refractivity contribution in [3.63, 3.8) is 0 Å². The Morgan fingerprint density at radius 1 is 1.07 bits per heavy atom. The lowest BCUT2D eigenvalue weighted by Gasteiger charge is -2.20. The predicted octanol–water partition coefficient (Wildman–Crippen LogP) is 5.05. The Labute approximate surface area is 90.8 Å². The molecule has 0 aromatic carbocycles. The van der Waals surface area contributed by atoms with E-state index in [1.165, 1.54) is 31.3 Å². The SMILES string of the molecule is C=C(C)CC(C)CCC(C)C(C)CC. The molecule has 3 unspecified atom stereocenters. The van der Waals surface area contributed by atoms with Crippen molar-refractivity contribution in [2.75, 3.05) is 0 Å². The standard InChI is InChI=1S/C14H28/c1-7-13(5)14(6)9-8-12(4)10-11(2)3/h12-14H,2,7-10H2,1,3-6H3. The minimum absolute atomic E-state index is 0.819. The van der Waals surface area contributed by atoms with Crippen molar-refractivity contribution in [2.24, 2.45) is 17.8 Å². The second kappa shape index (κ2) is 7.09. The Hall–Kier alpha value is -0.260. The average molecular weight is 196 g/mol. The minimum Gasteiger partial charge on any atom is -0.100 e. The first-order chi connectivity index (χ1) is 6.47. The van der Waals surface area contributed by atoms with Gasteiger partial charge < -0.3 is 0 Å². The molecule has 0 aliphatic rings. The highest BCUT2D eigenvalue weighted by Crippen LogP contribution is 2.24. The minimum atomic E-state index is 0.819. The van der Waals surface area contributed by atoms with Crippen LogP contribution in [0.5, 0.6) is 0 Å². The first kappa shape index (κ1) is 13.7. The van der Waals surface area contributed by atoms with Crippen LogP contribution >= 0.6 is 0 Å². The van der Waals surface area contributed by atoms with Gasteiger partial charge in [0.15, 0.2) is 0 Å². The van der Waals surface area contributed by atoms with E-state index in [1.54, 1.807) is 0 Å². The number of hydrogen-bond donors (Lipinski definition) is 0. The lowest BCUT2D eigenvalue weighted by molar-refractivity contribution is 0.323. The molecule has 0 heteroatoms. The highest BCUT2D eigenvalue weighted by molar-refractivity contribution is 4.89. The molecule has 0 fully saturated rings. The summed E-state index contributed by atoms with van der Waals surface area (Å²) in [7, 11) is 0. The summed E-state index contributed by atoms with van der Waals surface area (Å²) < 4.78 is 0. The Morgan fingerprint density at radius 3 is 2.07 bits per heavy atom. The van der Waals surface area contributed by atoms with Crippen molar-refractivity contribution in [3.05, 3.63) is 12.2 Å². The highest BCUT2D eigenvalue weighted by Gasteiger charge is 2.11. The molecule has 3 atom stereocenters. The molecule has 0 aliphatic heterocycles. The summed E-state index contributed by atoms with van der Waals surface area (Å²) in [6.45, 7) is 15.5. The van der Waals surface area contributed by atoms with Crippen LogP contribution in [-0.4, -0.2) is 0 Å². The van der Waals surface area contributed by atoms with Gasteiger partial charge in [0.1, 0.15) is 0 Å². The smallest absolute Gasteiger partial charge is 0.0300 e. The normalized spacial score (nSPS) is 17.5. The summed E-state index contributed by atoms with van der Waals surface area (Å²) in [5, 5.41) is 0. The van der Waals surface area contributed by atoms with E-state index in [1.807, 2.05) is 0 Å². The van der Waals surface area contributed by atoms with Crippen LogP contribution in [0.2, 0.25) is 0 Å². The first-order valence-electron chi connectivity index (χ1n) is 6.11. The second-order valence-corrected chi connectivity index (χ2v) is 5.21. The van der Waals surface area contributed by atoms with Gasteiger partial charge >= 0.3 is 0 Å². The van der Waals surface area contributed by atoms with Gasteiger partial charge in [-0.1, -0.05) is 52.5 Å². The maximum atomic E-state index is 3.97. The number of rotatable bonds is 7. The van der Waals surface area contributed by atoms with E-state index in [9.17, 15) is 0 Å². The fourth-order valence-corrected chi connectivity index (χ4v) is 1.93. The van der Waals surface area contributed by atoms with Crippen LogP contribution in [0.4, 0.5) is 0 Å². The monoisotopic (exact) mass is 196 g/mol. The van der Waals surface area contributed by atoms with Gasteiger partial charge in [-0.15, -0.1) is 6.58 Å². The van der Waals surface area contributed by atoms with Gasteiger partial charge in [-0.25, -0.2) is 0 Å². The highest BCUT2D eigenvalue weighted by atomic mass is 14.2. The van der Waals surface area contributed by atoms with Crippen molar-refractivity contribution in [3.8, 4) is 0 Å². The molecule has 0 N–H and O–H groups in total. The van der Waals surface area contributed by atoms with E-state index in [0.717, 1.165) is 17.8 Å². The van der Waals surface area contributed by atoms with Gasteiger partial charge in [0.2, 0.25) is 0 Å². The third kappa shape index (κ3) is 6.23. The summed E-state index contributed by atoms with van der Waals surface area (Å²) >= 11 is 0. The summed E-state index contributed by atoms with van der Waals surface area (Å²) in [6.07, 6.45) is 5.26. The molecule has 0 nitrogen and oxygen atoms in total. The maximum absolute atomic E-state index is 3.97. The van der Waals surface area contributed by atoms with E-state index >= 15 is 0 Å². The summed E-state index contributed by atoms with van der Waals surface area (Å²) in [5.41, 5.74) is 1.33. The van der Waals surface area contributed by atoms with Crippen LogP contribution < -0.4 is 0 Å². The van der Waals surface area contributed by atoms with Crippen LogP contribution in [0.3, 0.4) is 0 Å². The average Bonchev–Trinajstić information content (AvgIpc) is 2.11. The quantitative estimate of drug-likeness (QED) is 0.500. The molecule has 0 heterocycles. The van der Waals surface area contributed by atoms with E-state index < -0.39 is 0 Å². The third-order valence-electron chi connectivity index (χ3n) is 3.43. The molecule has 0 amide bonds. The van der Waals surface area contributed by atoms with Crippen LogP contribution in [-0.2, 0) is 0 Å². The third-order valence-corrected chi connectivity index (χ3v) is 3.43. The zero-order valence-corrected chi connectivity index (χ0v) is 10.8. The van der Waals surface area contributed by atoms with E-state index in [-0.39, 0.29) is 0 Å². The lowest BCUT2D eigenvalue weighted by atomic mass is 9.86. The topological polar surface area (TPSA) is 0 Å². The molecule has 0 radical (unpaired) electrons. The van der Waals surface area contributed by atoms with Crippen LogP contribution in [0.1, 0.15) is 60.3 Å². The first-order valence-corrected chi connectivity index (χ1v) is 6.11. The van der Waals surface area contributed by atoms with Gasteiger partial charge in [0.05, 0.1) is 0 Å². The van der Waals surface area contributed by atoms with Gasteiger partial charge in [0.25, 0.3) is 0 Å². The van der Waals surface area contributed by atoms with Crippen molar-refractivity contribution in [1.82, 2.24) is 0 Å². The molecular formula is C14H28. The largest absolute Gasteiger partial charge is 0.100 e. The van der Waals surface area contributed by atoms with Crippen molar-refractivity contribution in [1.29, 1.82) is 0 Å².